The summed E-state index contributed by atoms with van der Waals surface area (Å²) in [5.74, 6) is 1.02. The molecule has 4 N–H and O–H groups in total. The molecule has 3 aromatic rings. The molecule has 8 heteroatoms. The number of amides is 1. The number of carbonyl (C=O) groups excluding carboxylic acids is 1. The standard InChI is InChI=1S/C28H28N4O4/c33-20-6-5-16-12-21-28(35)8-7-19(31-26(34)17-13-30-18-2-1-10-29-23(17)18)25-27(28,22(16)24(20)36-25)9-11-32(21)14-15-3-4-15/h1-2,5-8,10,13,15,19,21,25,30,33,35H,3-4,9,11-12,14H2,(H,31,34)/t19-,21+,25-,27-,28+/m0/s1. The number of piperidine rings is 1. The van der Waals surface area contributed by atoms with E-state index in [1.807, 2.05) is 30.4 Å². The Morgan fingerprint density at radius 2 is 2.19 bits per heavy atom. The molecule has 2 aromatic heterocycles. The third-order valence-electron chi connectivity index (χ3n) is 9.32. The summed E-state index contributed by atoms with van der Waals surface area (Å²) in [5, 5.41) is 26.4. The van der Waals surface area contributed by atoms with Gasteiger partial charge in [0.05, 0.1) is 22.5 Å². The molecule has 4 heterocycles. The lowest BCUT2D eigenvalue weighted by atomic mass is 9.50. The summed E-state index contributed by atoms with van der Waals surface area (Å²) < 4.78 is 6.50. The van der Waals surface area contributed by atoms with Crippen molar-refractivity contribution in [2.45, 2.75) is 54.9 Å². The Labute approximate surface area is 208 Å². The van der Waals surface area contributed by atoms with E-state index >= 15 is 0 Å². The highest BCUT2D eigenvalue weighted by atomic mass is 16.5. The Kier molecular flexibility index (Phi) is 3.98. The van der Waals surface area contributed by atoms with Crippen LogP contribution in [0, 0.1) is 5.92 Å². The predicted octanol–water partition coefficient (Wildman–Crippen LogP) is 2.41. The first kappa shape index (κ1) is 20.8. The summed E-state index contributed by atoms with van der Waals surface area (Å²) in [4.78, 5) is 23.4. The number of nitrogens with zero attached hydrogens (tertiary/aromatic N) is 2. The van der Waals surface area contributed by atoms with Crippen LogP contribution in [0.1, 0.15) is 40.7 Å². The lowest BCUT2D eigenvalue weighted by Gasteiger charge is -2.62. The topological polar surface area (TPSA) is 111 Å². The van der Waals surface area contributed by atoms with Gasteiger partial charge in [-0.05, 0) is 61.9 Å². The number of nitrogens with one attached hydrogen (secondary N) is 2. The summed E-state index contributed by atoms with van der Waals surface area (Å²) >= 11 is 0. The van der Waals surface area contributed by atoms with Crippen LogP contribution in [0.2, 0.25) is 0 Å². The molecule has 8 rings (SSSR count). The second-order valence-corrected chi connectivity index (χ2v) is 11.2. The normalized spacial score (nSPS) is 33.9. The minimum atomic E-state index is -1.14. The largest absolute Gasteiger partial charge is 0.504 e. The van der Waals surface area contributed by atoms with Crippen LogP contribution in [0.3, 0.4) is 0 Å². The molecule has 1 amide bonds. The second-order valence-electron chi connectivity index (χ2n) is 11.2. The molecule has 1 aromatic carbocycles. The third-order valence-corrected chi connectivity index (χ3v) is 9.32. The van der Waals surface area contributed by atoms with E-state index in [-0.39, 0.29) is 17.7 Å². The summed E-state index contributed by atoms with van der Waals surface area (Å²) in [6, 6.07) is 6.86. The van der Waals surface area contributed by atoms with Crippen LogP contribution in [0.4, 0.5) is 0 Å². The maximum atomic E-state index is 13.4. The summed E-state index contributed by atoms with van der Waals surface area (Å²) in [7, 11) is 0. The van der Waals surface area contributed by atoms with Crippen LogP contribution in [0.15, 0.2) is 48.8 Å². The number of fused-ring (bicyclic) bond motifs is 1. The molecule has 5 aliphatic rings. The van der Waals surface area contributed by atoms with Gasteiger partial charge in [0.1, 0.15) is 17.2 Å². The molecule has 8 nitrogen and oxygen atoms in total. The number of likely N-dealkylation sites (tertiary alicyclic amines) is 1. The van der Waals surface area contributed by atoms with Crippen LogP contribution < -0.4 is 10.1 Å². The van der Waals surface area contributed by atoms with Crippen LogP contribution in [0.25, 0.3) is 11.0 Å². The van der Waals surface area contributed by atoms with Crippen LogP contribution in [-0.4, -0.2) is 67.9 Å². The third kappa shape index (κ3) is 2.51. The number of ether oxygens (including phenoxy) is 1. The molecule has 36 heavy (non-hydrogen) atoms. The second kappa shape index (κ2) is 6.89. The molecule has 2 bridgehead atoms. The van der Waals surface area contributed by atoms with Crippen molar-refractivity contribution < 1.29 is 19.7 Å². The zero-order valence-electron chi connectivity index (χ0n) is 19.8. The lowest BCUT2D eigenvalue weighted by Crippen LogP contribution is -2.76. The van der Waals surface area contributed by atoms with Crippen LogP contribution >= 0.6 is 0 Å². The molecule has 3 aliphatic carbocycles. The SMILES string of the molecule is O=C(N[C@H]1C=C[C@@]2(O)[C@H]3Cc4ccc(O)c5c4[C@@]2(CCN3CC2CC2)[C@H]1O5)c1c[nH]c2cccnc12. The average molecular weight is 485 g/mol. The van der Waals surface area contributed by atoms with Gasteiger partial charge in [-0.3, -0.25) is 14.7 Å². The van der Waals surface area contributed by atoms with Gasteiger partial charge in [-0.2, -0.15) is 0 Å². The van der Waals surface area contributed by atoms with E-state index in [0.29, 0.717) is 29.7 Å². The molecule has 1 spiro atoms. The Morgan fingerprint density at radius 3 is 3.06 bits per heavy atom. The summed E-state index contributed by atoms with van der Waals surface area (Å²) in [6.45, 7) is 1.87. The van der Waals surface area contributed by atoms with Gasteiger partial charge in [-0.15, -0.1) is 0 Å². The fourth-order valence-corrected chi connectivity index (χ4v) is 7.52. The van der Waals surface area contributed by atoms with Crippen molar-refractivity contribution in [3.05, 3.63) is 65.5 Å². The first-order valence-electron chi connectivity index (χ1n) is 12.9. The van der Waals surface area contributed by atoms with E-state index in [1.165, 1.54) is 12.8 Å². The lowest BCUT2D eigenvalue weighted by molar-refractivity contribution is -0.144. The van der Waals surface area contributed by atoms with Gasteiger partial charge in [0.25, 0.3) is 5.91 Å². The number of hydrogen-bond acceptors (Lipinski definition) is 6. The molecule has 1 saturated carbocycles. The van der Waals surface area contributed by atoms with Crippen molar-refractivity contribution in [3.8, 4) is 11.5 Å². The zero-order valence-corrected chi connectivity index (χ0v) is 19.8. The Morgan fingerprint density at radius 1 is 1.31 bits per heavy atom. The quantitative estimate of drug-likeness (QED) is 0.424. The van der Waals surface area contributed by atoms with Crippen molar-refractivity contribution in [3.63, 3.8) is 0 Å². The maximum Gasteiger partial charge on any atom is 0.255 e. The maximum absolute atomic E-state index is 13.4. The first-order valence-corrected chi connectivity index (χ1v) is 12.9. The average Bonchev–Trinajstić information content (AvgIpc) is 3.46. The molecule has 0 radical (unpaired) electrons. The monoisotopic (exact) mass is 484 g/mol. The number of aromatic hydroxyl groups is 1. The fourth-order valence-electron chi connectivity index (χ4n) is 7.52. The highest BCUT2D eigenvalue weighted by Gasteiger charge is 2.72. The number of phenols is 1. The predicted molar refractivity (Wildman–Crippen MR) is 132 cm³/mol. The van der Waals surface area contributed by atoms with Gasteiger partial charge in [-0.25, -0.2) is 0 Å². The molecule has 2 aliphatic heterocycles. The van der Waals surface area contributed by atoms with Gasteiger partial charge < -0.3 is 25.3 Å². The van der Waals surface area contributed by atoms with Crippen molar-refractivity contribution in [1.29, 1.82) is 0 Å². The first-order chi connectivity index (χ1) is 17.5. The van der Waals surface area contributed by atoms with Crippen LogP contribution in [-0.2, 0) is 11.8 Å². The van der Waals surface area contributed by atoms with Crippen LogP contribution in [0.5, 0.6) is 11.5 Å². The van der Waals surface area contributed by atoms with E-state index in [2.05, 4.69) is 20.2 Å². The number of aliphatic hydroxyl groups is 1. The molecular weight excluding hydrogens is 456 g/mol. The Bertz CT molecular complexity index is 1460. The van der Waals surface area contributed by atoms with Gasteiger partial charge in [0, 0.05) is 30.5 Å². The molecular formula is C28H28N4O4. The van der Waals surface area contributed by atoms with Crippen molar-refractivity contribution >= 4 is 16.9 Å². The minimum absolute atomic E-state index is 0.0633. The van der Waals surface area contributed by atoms with E-state index in [9.17, 15) is 15.0 Å². The minimum Gasteiger partial charge on any atom is -0.504 e. The number of aromatic amines is 1. The number of benzene rings is 1. The summed E-state index contributed by atoms with van der Waals surface area (Å²) in [5.41, 5.74) is 2.07. The van der Waals surface area contributed by atoms with E-state index in [0.717, 1.165) is 35.7 Å². The number of phenolic OH excluding ortho intramolecular Hbond substituents is 1. The number of pyridine rings is 1. The highest BCUT2D eigenvalue weighted by Crippen LogP contribution is 2.64. The van der Waals surface area contributed by atoms with Gasteiger partial charge >= 0.3 is 0 Å². The zero-order chi connectivity index (χ0) is 24.2. The Hall–Kier alpha value is -3.36. The number of hydrogen-bond donors (Lipinski definition) is 4. The summed E-state index contributed by atoms with van der Waals surface area (Å²) in [6.07, 6.45) is 10.6. The number of carbonyl (C=O) groups is 1. The highest BCUT2D eigenvalue weighted by molar-refractivity contribution is 6.05. The molecule has 1 saturated heterocycles. The van der Waals surface area contributed by atoms with Crippen molar-refractivity contribution in [2.75, 3.05) is 13.1 Å². The van der Waals surface area contributed by atoms with Gasteiger partial charge in [0.15, 0.2) is 11.5 Å². The number of rotatable bonds is 4. The molecule has 0 unspecified atom stereocenters. The fraction of sp³-hybridized carbons (Fsp3) is 0.429. The van der Waals surface area contributed by atoms with Crippen molar-refractivity contribution in [2.24, 2.45) is 5.92 Å². The Balaban J connectivity index is 1.22. The molecule has 2 fully saturated rings. The van der Waals surface area contributed by atoms with Gasteiger partial charge in [0.2, 0.25) is 0 Å². The number of aromatic nitrogens is 2. The van der Waals surface area contributed by atoms with E-state index in [1.54, 1.807) is 18.5 Å². The van der Waals surface area contributed by atoms with Crippen molar-refractivity contribution in [1.82, 2.24) is 20.2 Å². The van der Waals surface area contributed by atoms with E-state index in [4.69, 9.17) is 4.74 Å². The van der Waals surface area contributed by atoms with Gasteiger partial charge in [-0.1, -0.05) is 18.2 Å². The smallest absolute Gasteiger partial charge is 0.255 e. The molecule has 5 atom stereocenters. The number of H-pyrrole nitrogens is 1. The molecule has 184 valence electrons. The van der Waals surface area contributed by atoms with E-state index < -0.39 is 23.2 Å².